The molecule has 7 nitrogen and oxygen atoms in total. The number of carboxylic acids is 1. The number of nitrogens with zero attached hydrogens (tertiary/aromatic N) is 1. The molecule has 0 aliphatic heterocycles. The smallest absolute Gasteiger partial charge is 0.337 e. The van der Waals surface area contributed by atoms with Gasteiger partial charge >= 0.3 is 5.97 Å². The van der Waals surface area contributed by atoms with Gasteiger partial charge in [-0.25, -0.2) is 17.9 Å². The van der Waals surface area contributed by atoms with Crippen molar-refractivity contribution in [2.75, 3.05) is 26.4 Å². The van der Waals surface area contributed by atoms with Crippen molar-refractivity contribution >= 4 is 21.7 Å². The van der Waals surface area contributed by atoms with E-state index in [-0.39, 0.29) is 22.2 Å². The van der Waals surface area contributed by atoms with Crippen molar-refractivity contribution in [1.29, 1.82) is 0 Å². The van der Waals surface area contributed by atoms with Gasteiger partial charge in [-0.2, -0.15) is 0 Å². The van der Waals surface area contributed by atoms with Crippen LogP contribution < -0.4 is 10.5 Å². The number of nitrogen functional groups attached to an aromatic ring is 1. The maximum Gasteiger partial charge on any atom is 0.337 e. The highest BCUT2D eigenvalue weighted by Gasteiger charge is 2.24. The minimum Gasteiger partial charge on any atom is -0.478 e. The number of likely N-dealkylation sites (N-methyl/N-ethyl adjacent to an activating group) is 1. The Balaban J connectivity index is 3.13. The number of hydrogen-bond donors (Lipinski definition) is 3. The molecule has 1 atom stereocenters. The van der Waals surface area contributed by atoms with E-state index in [1.165, 1.54) is 12.1 Å². The predicted octanol–water partition coefficient (Wildman–Crippen LogP) is 0.195. The van der Waals surface area contributed by atoms with E-state index < -0.39 is 16.0 Å². The fourth-order valence-electron chi connectivity index (χ4n) is 1.86. The zero-order valence-corrected chi connectivity index (χ0v) is 12.4. The third kappa shape index (κ3) is 4.19. The molecule has 8 heteroatoms. The molecule has 1 unspecified atom stereocenters. The van der Waals surface area contributed by atoms with Crippen LogP contribution in [0.25, 0.3) is 0 Å². The first-order valence-corrected chi connectivity index (χ1v) is 7.41. The summed E-state index contributed by atoms with van der Waals surface area (Å²) in [5, 5.41) is 9.08. The second-order valence-electron chi connectivity index (χ2n) is 4.85. The van der Waals surface area contributed by atoms with Gasteiger partial charge in [0.25, 0.3) is 0 Å². The molecular formula is C12H19N3O4S. The van der Waals surface area contributed by atoms with E-state index in [2.05, 4.69) is 4.72 Å². The summed E-state index contributed by atoms with van der Waals surface area (Å²) in [4.78, 5) is 12.7. The standard InChI is InChI=1S/C12H19N3O4S/c1-8(7-15(2)3)14-20(18,19)11-5-4-9(13)6-10(11)12(16)17/h4-6,8,14H,7,13H2,1-3H3,(H,16,17). The molecule has 0 amide bonds. The second-order valence-corrected chi connectivity index (χ2v) is 6.53. The zero-order chi connectivity index (χ0) is 15.5. The summed E-state index contributed by atoms with van der Waals surface area (Å²) in [7, 11) is -0.278. The van der Waals surface area contributed by atoms with E-state index in [9.17, 15) is 13.2 Å². The van der Waals surface area contributed by atoms with Gasteiger partial charge in [0.15, 0.2) is 0 Å². The Bertz CT molecular complexity index is 599. The lowest BCUT2D eigenvalue weighted by molar-refractivity contribution is 0.0692. The van der Waals surface area contributed by atoms with Gasteiger partial charge in [-0.05, 0) is 39.2 Å². The van der Waals surface area contributed by atoms with E-state index >= 15 is 0 Å². The largest absolute Gasteiger partial charge is 0.478 e. The summed E-state index contributed by atoms with van der Waals surface area (Å²) >= 11 is 0. The zero-order valence-electron chi connectivity index (χ0n) is 11.6. The summed E-state index contributed by atoms with van der Waals surface area (Å²) in [6.07, 6.45) is 0. The van der Waals surface area contributed by atoms with Crippen molar-refractivity contribution in [3.05, 3.63) is 23.8 Å². The molecule has 0 aromatic heterocycles. The monoisotopic (exact) mass is 301 g/mol. The van der Waals surface area contributed by atoms with Crippen LogP contribution in [0.3, 0.4) is 0 Å². The number of nitrogens with two attached hydrogens (primary N) is 1. The number of nitrogens with one attached hydrogen (secondary N) is 1. The van der Waals surface area contributed by atoms with Crippen LogP contribution in [0.4, 0.5) is 5.69 Å². The molecule has 4 N–H and O–H groups in total. The van der Waals surface area contributed by atoms with Crippen LogP contribution in [-0.2, 0) is 10.0 Å². The van der Waals surface area contributed by atoms with Crippen LogP contribution in [0.1, 0.15) is 17.3 Å². The first-order chi connectivity index (χ1) is 9.13. The Kier molecular flexibility index (Phi) is 5.09. The molecule has 1 aromatic carbocycles. The van der Waals surface area contributed by atoms with E-state index in [1.54, 1.807) is 6.92 Å². The second kappa shape index (κ2) is 6.21. The molecule has 0 spiro atoms. The topological polar surface area (TPSA) is 113 Å². The lowest BCUT2D eigenvalue weighted by Crippen LogP contribution is -2.39. The van der Waals surface area contributed by atoms with Crippen molar-refractivity contribution in [2.24, 2.45) is 0 Å². The number of aromatic carboxylic acids is 1. The van der Waals surface area contributed by atoms with Crippen molar-refractivity contribution in [3.8, 4) is 0 Å². The first kappa shape index (κ1) is 16.4. The molecule has 0 aliphatic rings. The van der Waals surface area contributed by atoms with Crippen molar-refractivity contribution in [2.45, 2.75) is 17.9 Å². The predicted molar refractivity (Wildman–Crippen MR) is 76.2 cm³/mol. The Morgan fingerprint density at radius 3 is 2.55 bits per heavy atom. The number of sulfonamides is 1. The van der Waals surface area contributed by atoms with Crippen molar-refractivity contribution in [3.63, 3.8) is 0 Å². The highest BCUT2D eigenvalue weighted by Crippen LogP contribution is 2.19. The maximum absolute atomic E-state index is 12.2. The molecule has 0 saturated carbocycles. The summed E-state index contributed by atoms with van der Waals surface area (Å²) in [5.41, 5.74) is 5.35. The molecule has 0 bridgehead atoms. The van der Waals surface area contributed by atoms with E-state index in [0.29, 0.717) is 6.54 Å². The number of hydrogen-bond acceptors (Lipinski definition) is 5. The minimum atomic E-state index is -3.91. The van der Waals surface area contributed by atoms with Crippen LogP contribution in [-0.4, -0.2) is 51.1 Å². The van der Waals surface area contributed by atoms with Crippen LogP contribution in [0.2, 0.25) is 0 Å². The number of rotatable bonds is 6. The summed E-state index contributed by atoms with van der Waals surface area (Å²) in [6.45, 7) is 2.20. The molecule has 0 aliphatic carbocycles. The Morgan fingerprint density at radius 1 is 1.45 bits per heavy atom. The molecular weight excluding hydrogens is 282 g/mol. The summed E-state index contributed by atoms with van der Waals surface area (Å²) < 4.78 is 26.9. The lowest BCUT2D eigenvalue weighted by atomic mass is 10.2. The van der Waals surface area contributed by atoms with Gasteiger partial charge in [0.05, 0.1) is 10.5 Å². The minimum absolute atomic E-state index is 0.197. The molecule has 1 aromatic rings. The van der Waals surface area contributed by atoms with Gasteiger partial charge in [-0.15, -0.1) is 0 Å². The first-order valence-electron chi connectivity index (χ1n) is 5.93. The number of carboxylic acid groups (broad SMARTS) is 1. The molecule has 0 heterocycles. The van der Waals surface area contributed by atoms with Crippen LogP contribution >= 0.6 is 0 Å². The van der Waals surface area contributed by atoms with Gasteiger partial charge in [-0.3, -0.25) is 0 Å². The normalized spacial score (nSPS) is 13.4. The van der Waals surface area contributed by atoms with Gasteiger partial charge in [0.1, 0.15) is 0 Å². The van der Waals surface area contributed by atoms with Crippen LogP contribution in [0.5, 0.6) is 0 Å². The molecule has 0 saturated heterocycles. The lowest BCUT2D eigenvalue weighted by Gasteiger charge is -2.19. The fourth-order valence-corrected chi connectivity index (χ4v) is 3.28. The quantitative estimate of drug-likeness (QED) is 0.647. The summed E-state index contributed by atoms with van der Waals surface area (Å²) in [5.74, 6) is -1.34. The molecule has 1 rings (SSSR count). The van der Waals surface area contributed by atoms with Crippen molar-refractivity contribution < 1.29 is 18.3 Å². The number of benzene rings is 1. The summed E-state index contributed by atoms with van der Waals surface area (Å²) in [6, 6.07) is 3.34. The van der Waals surface area contributed by atoms with E-state index in [0.717, 1.165) is 6.07 Å². The highest BCUT2D eigenvalue weighted by atomic mass is 32.2. The number of anilines is 1. The third-order valence-corrected chi connectivity index (χ3v) is 4.17. The Labute approximate surface area is 118 Å². The van der Waals surface area contributed by atoms with E-state index in [1.807, 2.05) is 19.0 Å². The average Bonchev–Trinajstić information content (AvgIpc) is 2.26. The third-order valence-electron chi connectivity index (χ3n) is 2.52. The van der Waals surface area contributed by atoms with E-state index in [4.69, 9.17) is 10.8 Å². The maximum atomic E-state index is 12.2. The molecule has 112 valence electrons. The molecule has 0 fully saturated rings. The fraction of sp³-hybridized carbons (Fsp3) is 0.417. The molecule has 20 heavy (non-hydrogen) atoms. The molecule has 0 radical (unpaired) electrons. The van der Waals surface area contributed by atoms with Crippen molar-refractivity contribution in [1.82, 2.24) is 9.62 Å². The van der Waals surface area contributed by atoms with Gasteiger partial charge in [0.2, 0.25) is 10.0 Å². The average molecular weight is 301 g/mol. The SMILES string of the molecule is CC(CN(C)C)NS(=O)(=O)c1ccc(N)cc1C(=O)O. The Morgan fingerprint density at radius 2 is 2.05 bits per heavy atom. The van der Waals surface area contributed by atoms with Gasteiger partial charge in [0, 0.05) is 18.3 Å². The van der Waals surface area contributed by atoms with Crippen LogP contribution in [0, 0.1) is 0 Å². The highest BCUT2D eigenvalue weighted by molar-refractivity contribution is 7.89. The van der Waals surface area contributed by atoms with Gasteiger partial charge in [-0.1, -0.05) is 0 Å². The van der Waals surface area contributed by atoms with Gasteiger partial charge < -0.3 is 15.7 Å². The van der Waals surface area contributed by atoms with Crippen LogP contribution in [0.15, 0.2) is 23.1 Å². The number of carbonyl (C=O) groups is 1. The Hall–Kier alpha value is -1.64.